The average molecular weight is 371 g/mol. The van der Waals surface area contributed by atoms with Crippen LogP contribution in [0.1, 0.15) is 66.7 Å². The molecule has 1 fully saturated rings. The lowest BCUT2D eigenvalue weighted by atomic mass is 9.80. The van der Waals surface area contributed by atoms with Crippen molar-refractivity contribution in [3.63, 3.8) is 0 Å². The number of esters is 1. The van der Waals surface area contributed by atoms with Crippen molar-refractivity contribution in [1.29, 1.82) is 0 Å². The molecule has 0 bridgehead atoms. The number of alkyl carbamates (subject to hydrolysis) is 1. The van der Waals surface area contributed by atoms with Crippen LogP contribution < -0.4 is 5.32 Å². The smallest absolute Gasteiger partial charge is 0.410 e. The number of amides is 1. The molecule has 0 saturated heterocycles. The number of hydrogen-bond acceptors (Lipinski definition) is 5. The number of carboxylic acids is 1. The molecule has 0 aromatic rings. The number of hydrogen-bond donors (Lipinski definition) is 2. The Labute approximate surface area is 155 Å². The van der Waals surface area contributed by atoms with Crippen LogP contribution in [0, 0.1) is 23.2 Å². The van der Waals surface area contributed by atoms with E-state index in [1.807, 2.05) is 13.8 Å². The molecule has 1 atom stereocenters. The van der Waals surface area contributed by atoms with Crippen LogP contribution in [0.15, 0.2) is 0 Å². The van der Waals surface area contributed by atoms with Crippen molar-refractivity contribution >= 4 is 18.0 Å². The van der Waals surface area contributed by atoms with E-state index in [0.717, 1.165) is 19.3 Å². The van der Waals surface area contributed by atoms with Crippen LogP contribution >= 0.6 is 0 Å². The van der Waals surface area contributed by atoms with E-state index in [1.54, 1.807) is 20.8 Å². The second-order valence-corrected chi connectivity index (χ2v) is 8.44. The molecule has 1 rings (SSSR count). The number of carbonyl (C=O) groups is 3. The highest BCUT2D eigenvalue weighted by Gasteiger charge is 2.30. The second kappa shape index (κ2) is 9.78. The monoisotopic (exact) mass is 371 g/mol. The van der Waals surface area contributed by atoms with E-state index >= 15 is 0 Å². The minimum atomic E-state index is -0.923. The number of ether oxygens (including phenoxy) is 2. The molecule has 0 spiro atoms. The molecule has 150 valence electrons. The van der Waals surface area contributed by atoms with Crippen molar-refractivity contribution in [1.82, 2.24) is 5.32 Å². The van der Waals surface area contributed by atoms with Crippen LogP contribution in [0.2, 0.25) is 0 Å². The summed E-state index contributed by atoms with van der Waals surface area (Å²) in [4.78, 5) is 34.9. The standard InChI is InChI=1S/C19H33NO6/c1-12(2)16(25-17(23)19(3,4)5)26-18(24)20-11-10-13-6-8-14(9-7-13)15(21)22/h12-14,16H,6-11H2,1-5H3,(H,20,24)(H,21,22)/t13-,14-,16?. The summed E-state index contributed by atoms with van der Waals surface area (Å²) >= 11 is 0. The van der Waals surface area contributed by atoms with Gasteiger partial charge >= 0.3 is 18.0 Å². The van der Waals surface area contributed by atoms with Crippen molar-refractivity contribution in [2.45, 2.75) is 73.0 Å². The molecule has 1 aliphatic rings. The van der Waals surface area contributed by atoms with E-state index in [-0.39, 0.29) is 11.8 Å². The van der Waals surface area contributed by atoms with Crippen molar-refractivity contribution in [3.05, 3.63) is 0 Å². The first-order chi connectivity index (χ1) is 12.0. The third kappa shape index (κ3) is 7.62. The number of carbonyl (C=O) groups excluding carboxylic acids is 2. The van der Waals surface area contributed by atoms with Gasteiger partial charge < -0.3 is 19.9 Å². The van der Waals surface area contributed by atoms with Gasteiger partial charge in [-0.05, 0) is 58.8 Å². The van der Waals surface area contributed by atoms with Gasteiger partial charge in [0.2, 0.25) is 0 Å². The van der Waals surface area contributed by atoms with Crippen LogP contribution in [-0.2, 0) is 19.1 Å². The van der Waals surface area contributed by atoms with Gasteiger partial charge in [-0.1, -0.05) is 13.8 Å². The van der Waals surface area contributed by atoms with Crippen molar-refractivity contribution in [2.75, 3.05) is 6.54 Å². The number of aliphatic carboxylic acids is 1. The molecule has 1 unspecified atom stereocenters. The molecular weight excluding hydrogens is 338 g/mol. The summed E-state index contributed by atoms with van der Waals surface area (Å²) in [7, 11) is 0. The Bertz CT molecular complexity index is 489. The summed E-state index contributed by atoms with van der Waals surface area (Å²) in [5.74, 6) is -1.09. The van der Waals surface area contributed by atoms with E-state index < -0.39 is 29.7 Å². The third-order valence-electron chi connectivity index (χ3n) is 4.62. The fourth-order valence-electron chi connectivity index (χ4n) is 2.80. The Morgan fingerprint density at radius 2 is 1.65 bits per heavy atom. The van der Waals surface area contributed by atoms with Crippen LogP contribution in [0.4, 0.5) is 4.79 Å². The number of nitrogens with one attached hydrogen (secondary N) is 1. The Balaban J connectivity index is 2.33. The average Bonchev–Trinajstić information content (AvgIpc) is 2.53. The predicted octanol–water partition coefficient (Wildman–Crippen LogP) is 3.57. The Morgan fingerprint density at radius 1 is 1.08 bits per heavy atom. The molecule has 1 amide bonds. The highest BCUT2D eigenvalue weighted by molar-refractivity contribution is 5.75. The van der Waals surface area contributed by atoms with Gasteiger partial charge in [-0.2, -0.15) is 0 Å². The summed E-state index contributed by atoms with van der Waals surface area (Å²) in [6.07, 6.45) is 2.38. The molecule has 7 nitrogen and oxygen atoms in total. The number of carboxylic acid groups (broad SMARTS) is 1. The van der Waals surface area contributed by atoms with E-state index in [2.05, 4.69) is 5.32 Å². The minimum absolute atomic E-state index is 0.154. The zero-order valence-corrected chi connectivity index (χ0v) is 16.5. The van der Waals surface area contributed by atoms with Gasteiger partial charge in [-0.15, -0.1) is 0 Å². The van der Waals surface area contributed by atoms with Crippen molar-refractivity contribution in [2.24, 2.45) is 23.2 Å². The van der Waals surface area contributed by atoms with E-state index in [9.17, 15) is 14.4 Å². The predicted molar refractivity (Wildman–Crippen MR) is 96.4 cm³/mol. The molecule has 7 heteroatoms. The van der Waals surface area contributed by atoms with Gasteiger partial charge in [0.1, 0.15) is 0 Å². The minimum Gasteiger partial charge on any atom is -0.481 e. The topological polar surface area (TPSA) is 102 Å². The van der Waals surface area contributed by atoms with Gasteiger partial charge in [0.25, 0.3) is 6.29 Å². The second-order valence-electron chi connectivity index (χ2n) is 8.44. The van der Waals surface area contributed by atoms with Crippen LogP contribution in [-0.4, -0.2) is 36.0 Å². The first-order valence-electron chi connectivity index (χ1n) is 9.39. The van der Waals surface area contributed by atoms with Crippen LogP contribution in [0.3, 0.4) is 0 Å². The zero-order valence-electron chi connectivity index (χ0n) is 16.5. The van der Waals surface area contributed by atoms with E-state index in [1.165, 1.54) is 0 Å². The van der Waals surface area contributed by atoms with Crippen LogP contribution in [0.5, 0.6) is 0 Å². The first kappa shape index (κ1) is 22.3. The molecule has 0 aromatic carbocycles. The van der Waals surface area contributed by atoms with Gasteiger partial charge in [0.15, 0.2) is 0 Å². The summed E-state index contributed by atoms with van der Waals surface area (Å²) in [5, 5.41) is 11.7. The maximum Gasteiger partial charge on any atom is 0.410 e. The molecule has 0 aromatic heterocycles. The lowest BCUT2D eigenvalue weighted by Crippen LogP contribution is -2.37. The Hall–Kier alpha value is -1.79. The van der Waals surface area contributed by atoms with Crippen molar-refractivity contribution in [3.8, 4) is 0 Å². The maximum absolute atomic E-state index is 12.0. The molecular formula is C19H33NO6. The quantitative estimate of drug-likeness (QED) is 0.524. The summed E-state index contributed by atoms with van der Waals surface area (Å²) in [6.45, 7) is 9.31. The van der Waals surface area contributed by atoms with Crippen molar-refractivity contribution < 1.29 is 29.0 Å². The highest BCUT2D eigenvalue weighted by Crippen LogP contribution is 2.30. The first-order valence-corrected chi connectivity index (χ1v) is 9.39. The fraction of sp³-hybridized carbons (Fsp3) is 0.842. The maximum atomic E-state index is 12.0. The molecule has 26 heavy (non-hydrogen) atoms. The summed E-state index contributed by atoms with van der Waals surface area (Å²) in [5.41, 5.74) is -0.665. The van der Waals surface area contributed by atoms with E-state index in [0.29, 0.717) is 25.3 Å². The Morgan fingerprint density at radius 3 is 2.12 bits per heavy atom. The fourth-order valence-corrected chi connectivity index (χ4v) is 2.80. The summed E-state index contributed by atoms with van der Waals surface area (Å²) < 4.78 is 10.5. The highest BCUT2D eigenvalue weighted by atomic mass is 16.7. The van der Waals surface area contributed by atoms with Gasteiger partial charge in [0, 0.05) is 12.5 Å². The molecule has 0 aliphatic heterocycles. The zero-order chi connectivity index (χ0) is 19.9. The largest absolute Gasteiger partial charge is 0.481 e. The molecule has 2 N–H and O–H groups in total. The molecule has 0 radical (unpaired) electrons. The lowest BCUT2D eigenvalue weighted by molar-refractivity contribution is -0.184. The summed E-state index contributed by atoms with van der Waals surface area (Å²) in [6, 6.07) is 0. The third-order valence-corrected chi connectivity index (χ3v) is 4.62. The van der Waals surface area contributed by atoms with Gasteiger partial charge in [-0.25, -0.2) is 4.79 Å². The van der Waals surface area contributed by atoms with Crippen LogP contribution in [0.25, 0.3) is 0 Å². The SMILES string of the molecule is CC(C)C(OC(=O)NCC[C@H]1CC[C@H](C(=O)O)CC1)OC(=O)C(C)(C)C. The molecule has 1 aliphatic carbocycles. The van der Waals surface area contributed by atoms with Gasteiger partial charge in [-0.3, -0.25) is 9.59 Å². The molecule has 1 saturated carbocycles. The van der Waals surface area contributed by atoms with Gasteiger partial charge in [0.05, 0.1) is 11.3 Å². The normalized spacial score (nSPS) is 21.8. The molecule has 0 heterocycles. The number of rotatable bonds is 7. The Kier molecular flexibility index (Phi) is 8.37. The lowest BCUT2D eigenvalue weighted by Gasteiger charge is -2.27. The van der Waals surface area contributed by atoms with E-state index in [4.69, 9.17) is 14.6 Å².